The highest BCUT2D eigenvalue weighted by Crippen LogP contribution is 2.40. The predicted octanol–water partition coefficient (Wildman–Crippen LogP) is 7.18. The van der Waals surface area contributed by atoms with Gasteiger partial charge in [0.15, 0.2) is 0 Å². The van der Waals surface area contributed by atoms with Crippen LogP contribution in [-0.2, 0) is 6.54 Å². The molecule has 0 aliphatic heterocycles. The molecule has 1 heterocycles. The fourth-order valence-electron chi connectivity index (χ4n) is 4.95. The molecule has 0 atom stereocenters. The van der Waals surface area contributed by atoms with Crippen LogP contribution in [-0.4, -0.2) is 19.3 Å². The lowest BCUT2D eigenvalue weighted by molar-refractivity contribution is -0.394. The monoisotopic (exact) mass is 496 g/mol. The van der Waals surface area contributed by atoms with E-state index in [1.807, 2.05) is 38.1 Å². The van der Waals surface area contributed by atoms with Gasteiger partial charge in [-0.1, -0.05) is 24.3 Å². The molecule has 1 aromatic heterocycles. The smallest absolute Gasteiger partial charge is 0.276 e. The van der Waals surface area contributed by atoms with Crippen molar-refractivity contribution in [3.8, 4) is 22.3 Å². The normalized spacial score (nSPS) is 11.2. The van der Waals surface area contributed by atoms with Crippen molar-refractivity contribution in [1.82, 2.24) is 4.57 Å². The van der Waals surface area contributed by atoms with Gasteiger partial charge in [-0.15, -0.1) is 0 Å². The standard InChI is InChI=1S/C27H20N4O6/c1-3-28-25-9-7-17(13-23(25)24-15-19(29(32)33)8-10-26(24)28)27-16(2)5-4-6-22(27)18-11-20(30(34)35)14-21(12-18)31(36)37/h4-15H,3H2,1-2H3. The molecule has 0 saturated carbocycles. The molecule has 5 aromatic rings. The fourth-order valence-corrected chi connectivity index (χ4v) is 4.95. The molecule has 0 unspecified atom stereocenters. The largest absolute Gasteiger partial charge is 0.341 e. The van der Waals surface area contributed by atoms with Crippen molar-refractivity contribution in [1.29, 1.82) is 0 Å². The van der Waals surface area contributed by atoms with E-state index in [0.29, 0.717) is 17.7 Å². The van der Waals surface area contributed by atoms with Crippen LogP contribution in [0.15, 0.2) is 72.8 Å². The lowest BCUT2D eigenvalue weighted by Crippen LogP contribution is -1.96. The number of nitro benzene ring substituents is 3. The van der Waals surface area contributed by atoms with Crippen molar-refractivity contribution in [2.24, 2.45) is 0 Å². The summed E-state index contributed by atoms with van der Waals surface area (Å²) in [6, 6.07) is 19.7. The van der Waals surface area contributed by atoms with E-state index in [0.717, 1.165) is 44.6 Å². The number of hydrogen-bond acceptors (Lipinski definition) is 6. The zero-order valence-electron chi connectivity index (χ0n) is 19.9. The lowest BCUT2D eigenvalue weighted by Gasteiger charge is -2.14. The van der Waals surface area contributed by atoms with Crippen LogP contribution in [0.5, 0.6) is 0 Å². The minimum Gasteiger partial charge on any atom is -0.341 e. The number of benzene rings is 4. The number of aromatic nitrogens is 1. The van der Waals surface area contributed by atoms with Crippen molar-refractivity contribution >= 4 is 38.9 Å². The third-order valence-corrected chi connectivity index (χ3v) is 6.57. The molecule has 10 heteroatoms. The van der Waals surface area contributed by atoms with Crippen LogP contribution >= 0.6 is 0 Å². The van der Waals surface area contributed by atoms with E-state index in [-0.39, 0.29) is 17.1 Å². The molecule has 0 spiro atoms. The molecule has 10 nitrogen and oxygen atoms in total. The minimum atomic E-state index is -0.648. The third-order valence-electron chi connectivity index (χ3n) is 6.57. The summed E-state index contributed by atoms with van der Waals surface area (Å²) >= 11 is 0. The summed E-state index contributed by atoms with van der Waals surface area (Å²) in [6.07, 6.45) is 0. The van der Waals surface area contributed by atoms with Gasteiger partial charge in [0.25, 0.3) is 17.1 Å². The lowest BCUT2D eigenvalue weighted by atomic mass is 9.90. The van der Waals surface area contributed by atoms with Gasteiger partial charge in [-0.05, 0) is 59.9 Å². The summed E-state index contributed by atoms with van der Waals surface area (Å²) in [7, 11) is 0. The second-order valence-electron chi connectivity index (χ2n) is 8.68. The van der Waals surface area contributed by atoms with Gasteiger partial charge in [0, 0.05) is 52.6 Å². The number of non-ortho nitro benzene ring substituents is 3. The molecule has 184 valence electrons. The quantitative estimate of drug-likeness (QED) is 0.180. The highest BCUT2D eigenvalue weighted by atomic mass is 16.6. The molecular weight excluding hydrogens is 476 g/mol. The van der Waals surface area contributed by atoms with Gasteiger partial charge in [0.2, 0.25) is 0 Å². The number of nitrogens with zero attached hydrogens (tertiary/aromatic N) is 4. The summed E-state index contributed by atoms with van der Waals surface area (Å²) in [6.45, 7) is 4.57. The predicted molar refractivity (Wildman–Crippen MR) is 141 cm³/mol. The molecule has 37 heavy (non-hydrogen) atoms. The van der Waals surface area contributed by atoms with Crippen molar-refractivity contribution in [2.75, 3.05) is 0 Å². The minimum absolute atomic E-state index is 0.00598. The first-order valence-electron chi connectivity index (χ1n) is 11.4. The van der Waals surface area contributed by atoms with E-state index in [4.69, 9.17) is 0 Å². The third kappa shape index (κ3) is 3.94. The number of nitro groups is 3. The maximum absolute atomic E-state index is 11.5. The van der Waals surface area contributed by atoms with Crippen LogP contribution in [0.1, 0.15) is 12.5 Å². The number of fused-ring (bicyclic) bond motifs is 3. The summed E-state index contributed by atoms with van der Waals surface area (Å²) in [4.78, 5) is 32.7. The SMILES string of the molecule is CCn1c2ccc(-c3c(C)cccc3-c3cc([N+](=O)[O-])cc([N+](=O)[O-])c3)cc2c2cc([N+](=O)[O-])ccc21. The molecule has 0 N–H and O–H groups in total. The zero-order valence-corrected chi connectivity index (χ0v) is 19.9. The van der Waals surface area contributed by atoms with Gasteiger partial charge >= 0.3 is 0 Å². The maximum Gasteiger partial charge on any atom is 0.276 e. The Morgan fingerprint density at radius 1 is 0.676 bits per heavy atom. The highest BCUT2D eigenvalue weighted by Gasteiger charge is 2.21. The molecule has 0 aliphatic carbocycles. The Morgan fingerprint density at radius 3 is 1.86 bits per heavy atom. The fraction of sp³-hybridized carbons (Fsp3) is 0.111. The van der Waals surface area contributed by atoms with Crippen LogP contribution in [0.3, 0.4) is 0 Å². The van der Waals surface area contributed by atoms with Crippen LogP contribution in [0, 0.1) is 37.3 Å². The van der Waals surface area contributed by atoms with Crippen LogP contribution in [0.25, 0.3) is 44.1 Å². The molecule has 0 amide bonds. The number of aryl methyl sites for hydroxylation is 2. The summed E-state index contributed by atoms with van der Waals surface area (Å²) in [5.74, 6) is 0. The van der Waals surface area contributed by atoms with Gasteiger partial charge in [-0.25, -0.2) is 0 Å². The Bertz CT molecular complexity index is 1740. The molecule has 0 aliphatic rings. The van der Waals surface area contributed by atoms with E-state index in [1.54, 1.807) is 24.3 Å². The van der Waals surface area contributed by atoms with Crippen molar-refractivity contribution < 1.29 is 14.8 Å². The van der Waals surface area contributed by atoms with Crippen molar-refractivity contribution in [3.05, 3.63) is 109 Å². The average Bonchev–Trinajstić information content (AvgIpc) is 3.20. The topological polar surface area (TPSA) is 134 Å². The van der Waals surface area contributed by atoms with E-state index in [2.05, 4.69) is 4.57 Å². The first-order chi connectivity index (χ1) is 17.7. The maximum atomic E-state index is 11.5. The Labute approximate surface area is 209 Å². The van der Waals surface area contributed by atoms with Crippen molar-refractivity contribution in [2.45, 2.75) is 20.4 Å². The molecule has 0 fully saturated rings. The highest BCUT2D eigenvalue weighted by molar-refractivity contribution is 6.10. The summed E-state index contributed by atoms with van der Waals surface area (Å²) in [5, 5.41) is 36.0. The summed E-state index contributed by atoms with van der Waals surface area (Å²) < 4.78 is 2.08. The Kier molecular flexibility index (Phi) is 5.63. The van der Waals surface area contributed by atoms with E-state index >= 15 is 0 Å². The number of hydrogen-bond donors (Lipinski definition) is 0. The first kappa shape index (κ1) is 23.6. The van der Waals surface area contributed by atoms with E-state index in [1.165, 1.54) is 18.2 Å². The van der Waals surface area contributed by atoms with Crippen LogP contribution < -0.4 is 0 Å². The molecule has 4 aromatic carbocycles. The zero-order chi connectivity index (χ0) is 26.4. The van der Waals surface area contributed by atoms with Gasteiger partial charge in [-0.3, -0.25) is 30.3 Å². The Morgan fingerprint density at radius 2 is 1.27 bits per heavy atom. The van der Waals surface area contributed by atoms with Gasteiger partial charge < -0.3 is 4.57 Å². The molecule has 0 radical (unpaired) electrons. The number of rotatable bonds is 6. The van der Waals surface area contributed by atoms with Crippen molar-refractivity contribution in [3.63, 3.8) is 0 Å². The van der Waals surface area contributed by atoms with E-state index < -0.39 is 14.8 Å². The second kappa shape index (κ2) is 8.83. The van der Waals surface area contributed by atoms with Crippen LogP contribution in [0.4, 0.5) is 17.1 Å². The molecule has 0 bridgehead atoms. The molecular formula is C27H20N4O6. The van der Waals surface area contributed by atoms with Gasteiger partial charge in [0.1, 0.15) is 0 Å². The van der Waals surface area contributed by atoms with Gasteiger partial charge in [-0.2, -0.15) is 0 Å². The van der Waals surface area contributed by atoms with Gasteiger partial charge in [0.05, 0.1) is 20.8 Å². The first-order valence-corrected chi connectivity index (χ1v) is 11.4. The average molecular weight is 496 g/mol. The Balaban J connectivity index is 1.80. The van der Waals surface area contributed by atoms with E-state index in [9.17, 15) is 30.3 Å². The Hall–Kier alpha value is -5.12. The summed E-state index contributed by atoms with van der Waals surface area (Å²) in [5.41, 5.74) is 4.43. The molecule has 0 saturated heterocycles. The molecule has 5 rings (SSSR count). The van der Waals surface area contributed by atoms with Crippen LogP contribution in [0.2, 0.25) is 0 Å². The second-order valence-corrected chi connectivity index (χ2v) is 8.68.